The van der Waals surface area contributed by atoms with E-state index in [1.54, 1.807) is 31.2 Å². The maximum Gasteiger partial charge on any atom is 0.260 e. The van der Waals surface area contributed by atoms with Crippen LogP contribution in [0.2, 0.25) is 0 Å². The molecule has 0 bridgehead atoms. The number of nitrogens with zero attached hydrogens (tertiary/aromatic N) is 2. The Morgan fingerprint density at radius 3 is 2.24 bits per heavy atom. The number of carbonyl (C=O) groups excluding carboxylic acids is 1. The lowest BCUT2D eigenvalue weighted by Crippen LogP contribution is -2.37. The van der Waals surface area contributed by atoms with Crippen LogP contribution in [0.1, 0.15) is 13.3 Å². The molecule has 8 heteroatoms. The fraction of sp³-hybridized carbons (Fsp3) is 0.381. The van der Waals surface area contributed by atoms with Gasteiger partial charge in [-0.2, -0.15) is 0 Å². The first kappa shape index (κ1) is 22.5. The molecule has 1 atom stereocenters. The molecule has 0 spiro atoms. The summed E-state index contributed by atoms with van der Waals surface area (Å²) in [6.07, 6.45) is 1.30. The Kier molecular flexibility index (Phi) is 7.90. The second-order valence-electron chi connectivity index (χ2n) is 6.89. The SMILES string of the molecule is C[C@@H](Oc1ccc(N(C)S(C)(=O)=O)cc1)C(=O)NCCCN(C)c1ccccc1. The van der Waals surface area contributed by atoms with Gasteiger partial charge in [0.2, 0.25) is 10.0 Å². The maximum absolute atomic E-state index is 12.2. The van der Waals surface area contributed by atoms with Crippen molar-refractivity contribution in [2.75, 3.05) is 42.6 Å². The van der Waals surface area contributed by atoms with Gasteiger partial charge in [-0.05, 0) is 49.7 Å². The number of anilines is 2. The summed E-state index contributed by atoms with van der Waals surface area (Å²) in [6.45, 7) is 3.07. The normalized spacial score (nSPS) is 12.1. The number of hydrogen-bond donors (Lipinski definition) is 1. The summed E-state index contributed by atoms with van der Waals surface area (Å²) >= 11 is 0. The summed E-state index contributed by atoms with van der Waals surface area (Å²) in [7, 11) is 0.187. The lowest BCUT2D eigenvalue weighted by Gasteiger charge is -2.20. The van der Waals surface area contributed by atoms with Gasteiger partial charge in [-0.25, -0.2) is 8.42 Å². The van der Waals surface area contributed by atoms with Crippen LogP contribution in [-0.4, -0.2) is 53.9 Å². The highest BCUT2D eigenvalue weighted by atomic mass is 32.2. The van der Waals surface area contributed by atoms with Crippen molar-refractivity contribution in [2.45, 2.75) is 19.4 Å². The summed E-state index contributed by atoms with van der Waals surface area (Å²) < 4.78 is 30.0. The van der Waals surface area contributed by atoms with E-state index in [0.717, 1.165) is 24.9 Å². The summed E-state index contributed by atoms with van der Waals surface area (Å²) in [5, 5.41) is 2.88. The molecule has 1 N–H and O–H groups in total. The molecule has 0 aliphatic carbocycles. The highest BCUT2D eigenvalue weighted by Crippen LogP contribution is 2.21. The van der Waals surface area contributed by atoms with Crippen LogP contribution in [0, 0.1) is 0 Å². The van der Waals surface area contributed by atoms with Crippen molar-refractivity contribution in [2.24, 2.45) is 0 Å². The van der Waals surface area contributed by atoms with E-state index >= 15 is 0 Å². The first-order valence-electron chi connectivity index (χ1n) is 9.43. The van der Waals surface area contributed by atoms with E-state index in [4.69, 9.17) is 4.74 Å². The number of para-hydroxylation sites is 1. The molecule has 1 amide bonds. The van der Waals surface area contributed by atoms with Gasteiger partial charge < -0.3 is 15.0 Å². The van der Waals surface area contributed by atoms with Crippen LogP contribution in [0.15, 0.2) is 54.6 Å². The summed E-state index contributed by atoms with van der Waals surface area (Å²) in [5.41, 5.74) is 1.67. The van der Waals surface area contributed by atoms with Gasteiger partial charge in [0.1, 0.15) is 5.75 Å². The molecule has 2 rings (SSSR count). The molecule has 0 aromatic heterocycles. The maximum atomic E-state index is 12.2. The van der Waals surface area contributed by atoms with Gasteiger partial charge in [0.05, 0.1) is 11.9 Å². The first-order valence-corrected chi connectivity index (χ1v) is 11.3. The predicted octanol–water partition coefficient (Wildman–Crippen LogP) is 2.49. The molecule has 0 aliphatic heterocycles. The first-order chi connectivity index (χ1) is 13.7. The topological polar surface area (TPSA) is 78.9 Å². The van der Waals surface area contributed by atoms with Gasteiger partial charge in [0.15, 0.2) is 6.10 Å². The fourth-order valence-electron chi connectivity index (χ4n) is 2.67. The van der Waals surface area contributed by atoms with Gasteiger partial charge >= 0.3 is 0 Å². The zero-order chi connectivity index (χ0) is 21.4. The molecule has 29 heavy (non-hydrogen) atoms. The quantitative estimate of drug-likeness (QED) is 0.599. The highest BCUT2D eigenvalue weighted by molar-refractivity contribution is 7.92. The van der Waals surface area contributed by atoms with Crippen LogP contribution in [0.25, 0.3) is 0 Å². The van der Waals surface area contributed by atoms with E-state index in [-0.39, 0.29) is 5.91 Å². The van der Waals surface area contributed by atoms with E-state index in [1.807, 2.05) is 37.4 Å². The lowest BCUT2D eigenvalue weighted by atomic mass is 10.2. The third-order valence-electron chi connectivity index (χ3n) is 4.55. The minimum absolute atomic E-state index is 0.190. The molecule has 0 saturated carbocycles. The van der Waals surface area contributed by atoms with Crippen LogP contribution >= 0.6 is 0 Å². The average Bonchev–Trinajstić information content (AvgIpc) is 2.70. The van der Waals surface area contributed by atoms with Gasteiger partial charge in [-0.3, -0.25) is 9.10 Å². The number of sulfonamides is 1. The predicted molar refractivity (Wildman–Crippen MR) is 117 cm³/mol. The van der Waals surface area contributed by atoms with Crippen LogP contribution < -0.4 is 19.3 Å². The second kappa shape index (κ2) is 10.2. The Morgan fingerprint density at radius 2 is 1.66 bits per heavy atom. The molecule has 7 nitrogen and oxygen atoms in total. The van der Waals surface area contributed by atoms with E-state index in [2.05, 4.69) is 10.2 Å². The van der Waals surface area contributed by atoms with Gasteiger partial charge in [-0.15, -0.1) is 0 Å². The van der Waals surface area contributed by atoms with E-state index in [0.29, 0.717) is 18.0 Å². The van der Waals surface area contributed by atoms with Crippen molar-refractivity contribution >= 4 is 27.3 Å². The molecule has 2 aromatic rings. The lowest BCUT2D eigenvalue weighted by molar-refractivity contribution is -0.127. The molecule has 2 aromatic carbocycles. The van der Waals surface area contributed by atoms with Gasteiger partial charge in [0.25, 0.3) is 5.91 Å². The fourth-order valence-corrected chi connectivity index (χ4v) is 3.17. The number of nitrogens with one attached hydrogen (secondary N) is 1. The zero-order valence-corrected chi connectivity index (χ0v) is 18.1. The third kappa shape index (κ3) is 6.98. The van der Waals surface area contributed by atoms with Crippen LogP contribution in [0.3, 0.4) is 0 Å². The largest absolute Gasteiger partial charge is 0.481 e. The molecular weight excluding hydrogens is 390 g/mol. The van der Waals surface area contributed by atoms with Crippen molar-refractivity contribution in [1.29, 1.82) is 0 Å². The van der Waals surface area contributed by atoms with Crippen molar-refractivity contribution in [3.8, 4) is 5.75 Å². The summed E-state index contributed by atoms with van der Waals surface area (Å²) in [5.74, 6) is 0.312. The highest BCUT2D eigenvalue weighted by Gasteiger charge is 2.15. The minimum atomic E-state index is -3.32. The Labute approximate surface area is 173 Å². The van der Waals surface area contributed by atoms with Gasteiger partial charge in [-0.1, -0.05) is 18.2 Å². The Balaban J connectivity index is 1.76. The minimum Gasteiger partial charge on any atom is -0.481 e. The van der Waals surface area contributed by atoms with Crippen LogP contribution in [0.5, 0.6) is 5.75 Å². The van der Waals surface area contributed by atoms with E-state index in [9.17, 15) is 13.2 Å². The number of amides is 1. The van der Waals surface area contributed by atoms with Crippen molar-refractivity contribution in [3.05, 3.63) is 54.6 Å². The number of rotatable bonds is 10. The molecule has 0 aliphatic rings. The number of hydrogen-bond acceptors (Lipinski definition) is 5. The van der Waals surface area contributed by atoms with Crippen molar-refractivity contribution < 1.29 is 17.9 Å². The smallest absolute Gasteiger partial charge is 0.260 e. The molecule has 0 fully saturated rings. The molecule has 158 valence electrons. The van der Waals surface area contributed by atoms with E-state index in [1.165, 1.54) is 11.4 Å². The van der Waals surface area contributed by atoms with Crippen LogP contribution in [-0.2, 0) is 14.8 Å². The molecule has 0 unspecified atom stereocenters. The number of benzene rings is 2. The molecular formula is C21H29N3O4S. The van der Waals surface area contributed by atoms with Crippen LogP contribution in [0.4, 0.5) is 11.4 Å². The Hall–Kier alpha value is -2.74. The standard InChI is InChI=1S/C21H29N3O4S/c1-17(28-20-13-11-19(12-14-20)24(3)29(4,26)27)21(25)22-15-8-16-23(2)18-9-6-5-7-10-18/h5-7,9-14,17H,8,15-16H2,1-4H3,(H,22,25)/t17-/m1/s1. The molecule has 0 heterocycles. The number of ether oxygens (including phenoxy) is 1. The molecule has 0 radical (unpaired) electrons. The van der Waals surface area contributed by atoms with Crippen molar-refractivity contribution in [3.63, 3.8) is 0 Å². The Morgan fingerprint density at radius 1 is 1.03 bits per heavy atom. The van der Waals surface area contributed by atoms with Gasteiger partial charge in [0, 0.05) is 32.9 Å². The zero-order valence-electron chi connectivity index (χ0n) is 17.3. The van der Waals surface area contributed by atoms with E-state index < -0.39 is 16.1 Å². The summed E-state index contributed by atoms with van der Waals surface area (Å²) in [6, 6.07) is 16.7. The third-order valence-corrected chi connectivity index (χ3v) is 5.75. The Bertz CT molecular complexity index is 886. The second-order valence-corrected chi connectivity index (χ2v) is 8.90. The number of carbonyl (C=O) groups is 1. The summed E-state index contributed by atoms with van der Waals surface area (Å²) in [4.78, 5) is 14.4. The average molecular weight is 420 g/mol. The molecule has 0 saturated heterocycles. The van der Waals surface area contributed by atoms with Crippen molar-refractivity contribution in [1.82, 2.24) is 5.32 Å². The monoisotopic (exact) mass is 419 g/mol.